The van der Waals surface area contributed by atoms with Crippen LogP contribution in [0.1, 0.15) is 63.7 Å². The van der Waals surface area contributed by atoms with Gasteiger partial charge in [0.1, 0.15) is 0 Å². The average Bonchev–Trinajstić information content (AvgIpc) is 3.48. The molecule has 0 bridgehead atoms. The van der Waals surface area contributed by atoms with Crippen molar-refractivity contribution < 1.29 is 18.7 Å². The Morgan fingerprint density at radius 1 is 1.03 bits per heavy atom. The molecule has 0 spiro atoms. The fourth-order valence-electron chi connectivity index (χ4n) is 4.36. The summed E-state index contributed by atoms with van der Waals surface area (Å²) in [7, 11) is 4.84. The van der Waals surface area contributed by atoms with E-state index in [1.807, 2.05) is 12.1 Å². The molecule has 10 heteroatoms. The lowest BCUT2D eigenvalue weighted by Gasteiger charge is -2.26. The molecule has 0 atom stereocenters. The molecule has 1 saturated carbocycles. The van der Waals surface area contributed by atoms with Crippen molar-refractivity contribution in [2.24, 2.45) is 5.92 Å². The van der Waals surface area contributed by atoms with Crippen molar-refractivity contribution in [2.75, 3.05) is 21.3 Å². The molecule has 2 heterocycles. The number of aromatic nitrogens is 5. The van der Waals surface area contributed by atoms with Crippen LogP contribution >= 0.6 is 11.8 Å². The van der Waals surface area contributed by atoms with Crippen molar-refractivity contribution in [3.63, 3.8) is 0 Å². The second kappa shape index (κ2) is 11.1. The first kappa shape index (κ1) is 24.4. The van der Waals surface area contributed by atoms with E-state index < -0.39 is 0 Å². The highest BCUT2D eigenvalue weighted by molar-refractivity contribution is 7.98. The zero-order chi connectivity index (χ0) is 24.1. The van der Waals surface area contributed by atoms with E-state index in [9.17, 15) is 0 Å². The second-order valence-electron chi connectivity index (χ2n) is 8.87. The molecule has 4 rings (SSSR count). The highest BCUT2D eigenvalue weighted by atomic mass is 32.2. The van der Waals surface area contributed by atoms with E-state index in [0.29, 0.717) is 46.7 Å². The van der Waals surface area contributed by atoms with E-state index in [-0.39, 0.29) is 0 Å². The van der Waals surface area contributed by atoms with E-state index in [2.05, 4.69) is 38.8 Å². The normalized spacial score (nSPS) is 14.5. The van der Waals surface area contributed by atoms with Crippen molar-refractivity contribution in [3.05, 3.63) is 23.8 Å². The van der Waals surface area contributed by atoms with Crippen molar-refractivity contribution in [1.29, 1.82) is 0 Å². The predicted octanol–water partition coefficient (Wildman–Crippen LogP) is 5.35. The monoisotopic (exact) mass is 487 g/mol. The molecule has 0 radical (unpaired) electrons. The molecule has 2 aromatic heterocycles. The molecule has 1 aromatic carbocycles. The average molecular weight is 488 g/mol. The van der Waals surface area contributed by atoms with Gasteiger partial charge in [-0.2, -0.15) is 4.98 Å². The van der Waals surface area contributed by atoms with Crippen LogP contribution < -0.4 is 14.2 Å². The number of nitrogens with zero attached hydrogens (tertiary/aromatic N) is 5. The van der Waals surface area contributed by atoms with E-state index in [4.69, 9.17) is 18.7 Å². The first-order valence-electron chi connectivity index (χ1n) is 11.7. The SMILES string of the molecule is COc1cc(-c2nnc(SCc3noc(CC(C)C)n3)n2C2CCCCC2)cc(OC)c1OC. The molecule has 3 aromatic rings. The molecular weight excluding hydrogens is 454 g/mol. The number of hydrogen-bond donors (Lipinski definition) is 0. The number of ether oxygens (including phenoxy) is 3. The maximum Gasteiger partial charge on any atom is 0.226 e. The summed E-state index contributed by atoms with van der Waals surface area (Å²) in [5.41, 5.74) is 0.873. The summed E-state index contributed by atoms with van der Waals surface area (Å²) in [4.78, 5) is 4.53. The summed E-state index contributed by atoms with van der Waals surface area (Å²) >= 11 is 1.59. The summed E-state index contributed by atoms with van der Waals surface area (Å²) in [6.45, 7) is 4.27. The number of rotatable bonds is 10. The number of benzene rings is 1. The van der Waals surface area contributed by atoms with Gasteiger partial charge in [0.25, 0.3) is 0 Å². The Morgan fingerprint density at radius 2 is 1.74 bits per heavy atom. The molecule has 0 unspecified atom stereocenters. The van der Waals surface area contributed by atoms with Crippen LogP contribution in [0.25, 0.3) is 11.4 Å². The van der Waals surface area contributed by atoms with E-state index in [0.717, 1.165) is 35.8 Å². The van der Waals surface area contributed by atoms with Crippen molar-refractivity contribution in [1.82, 2.24) is 24.9 Å². The molecule has 9 nitrogen and oxygen atoms in total. The third kappa shape index (κ3) is 5.32. The summed E-state index contributed by atoms with van der Waals surface area (Å²) in [6.07, 6.45) is 6.65. The van der Waals surface area contributed by atoms with Gasteiger partial charge >= 0.3 is 0 Å². The molecule has 1 fully saturated rings. The zero-order valence-corrected chi connectivity index (χ0v) is 21.4. The number of hydrogen-bond acceptors (Lipinski definition) is 9. The minimum atomic E-state index is 0.335. The summed E-state index contributed by atoms with van der Waals surface area (Å²) < 4.78 is 24.3. The molecule has 1 aliphatic rings. The first-order chi connectivity index (χ1) is 16.5. The standard InChI is InChI=1S/C24H33N5O4S/c1-15(2)11-21-25-20(28-33-21)14-34-24-27-26-23(29(24)17-9-7-6-8-10-17)16-12-18(30-3)22(32-5)19(13-16)31-4/h12-13,15,17H,6-11,14H2,1-5H3. The Morgan fingerprint density at radius 3 is 2.35 bits per heavy atom. The van der Waals surface area contributed by atoms with Crippen LogP contribution in [0.5, 0.6) is 17.2 Å². The smallest absolute Gasteiger partial charge is 0.226 e. The van der Waals surface area contributed by atoms with E-state index in [1.54, 1.807) is 33.1 Å². The van der Waals surface area contributed by atoms with Gasteiger partial charge in [-0.25, -0.2) is 0 Å². The minimum Gasteiger partial charge on any atom is -0.493 e. The second-order valence-corrected chi connectivity index (χ2v) is 9.82. The predicted molar refractivity (Wildman–Crippen MR) is 130 cm³/mol. The molecule has 1 aliphatic carbocycles. The molecule has 34 heavy (non-hydrogen) atoms. The Labute approximate surface area is 204 Å². The van der Waals surface area contributed by atoms with Gasteiger partial charge in [-0.15, -0.1) is 10.2 Å². The fourth-order valence-corrected chi connectivity index (χ4v) is 5.21. The lowest BCUT2D eigenvalue weighted by atomic mass is 9.95. The van der Waals surface area contributed by atoms with Crippen LogP contribution in [0.4, 0.5) is 0 Å². The molecule has 0 saturated heterocycles. The topological polar surface area (TPSA) is 97.3 Å². The van der Waals surface area contributed by atoms with E-state index >= 15 is 0 Å². The molecular formula is C24H33N5O4S. The molecule has 0 aliphatic heterocycles. The van der Waals surface area contributed by atoms with Gasteiger partial charge in [0, 0.05) is 18.0 Å². The van der Waals surface area contributed by atoms with Gasteiger partial charge < -0.3 is 18.7 Å². The zero-order valence-electron chi connectivity index (χ0n) is 20.5. The van der Waals surface area contributed by atoms with Crippen LogP contribution in [0.15, 0.2) is 21.8 Å². The number of thioether (sulfide) groups is 1. The van der Waals surface area contributed by atoms with Crippen LogP contribution in [0.3, 0.4) is 0 Å². The third-order valence-corrected chi connectivity index (χ3v) is 6.89. The first-order valence-corrected chi connectivity index (χ1v) is 12.7. The maximum absolute atomic E-state index is 5.57. The summed E-state index contributed by atoms with van der Waals surface area (Å²) in [5.74, 6) is 4.93. The highest BCUT2D eigenvalue weighted by Crippen LogP contribution is 2.43. The van der Waals surface area contributed by atoms with Crippen LogP contribution in [-0.2, 0) is 12.2 Å². The Bertz CT molecular complexity index is 1070. The minimum absolute atomic E-state index is 0.335. The van der Waals surface area contributed by atoms with Gasteiger partial charge in [0.15, 0.2) is 28.3 Å². The highest BCUT2D eigenvalue weighted by Gasteiger charge is 2.26. The lowest BCUT2D eigenvalue weighted by Crippen LogP contribution is -2.15. The largest absolute Gasteiger partial charge is 0.493 e. The van der Waals surface area contributed by atoms with Crippen molar-refractivity contribution >= 4 is 11.8 Å². The molecule has 0 amide bonds. The van der Waals surface area contributed by atoms with E-state index in [1.165, 1.54) is 19.3 Å². The Kier molecular flexibility index (Phi) is 7.97. The third-order valence-electron chi connectivity index (χ3n) is 5.95. The van der Waals surface area contributed by atoms with Crippen molar-refractivity contribution in [3.8, 4) is 28.6 Å². The summed E-state index contributed by atoms with van der Waals surface area (Å²) in [6, 6.07) is 4.19. The summed E-state index contributed by atoms with van der Waals surface area (Å²) in [5, 5.41) is 14.2. The Hall–Kier alpha value is -2.75. The van der Waals surface area contributed by atoms with Crippen LogP contribution in [-0.4, -0.2) is 46.2 Å². The maximum atomic E-state index is 5.57. The quantitative estimate of drug-likeness (QED) is 0.350. The van der Waals surface area contributed by atoms with Gasteiger partial charge in [-0.1, -0.05) is 50.0 Å². The lowest BCUT2D eigenvalue weighted by molar-refractivity contribution is 0.324. The molecule has 0 N–H and O–H groups in total. The fraction of sp³-hybridized carbons (Fsp3) is 0.583. The molecule has 184 valence electrons. The Balaban J connectivity index is 1.67. The van der Waals surface area contributed by atoms with Crippen LogP contribution in [0, 0.1) is 5.92 Å². The van der Waals surface area contributed by atoms with Crippen molar-refractivity contribution in [2.45, 2.75) is 69.3 Å². The van der Waals surface area contributed by atoms with Gasteiger partial charge in [-0.3, -0.25) is 4.57 Å². The van der Waals surface area contributed by atoms with Gasteiger partial charge in [0.2, 0.25) is 11.6 Å². The van der Waals surface area contributed by atoms with Gasteiger partial charge in [-0.05, 0) is 30.9 Å². The number of methoxy groups -OCH3 is 3. The van der Waals surface area contributed by atoms with Crippen LogP contribution in [0.2, 0.25) is 0 Å². The van der Waals surface area contributed by atoms with Gasteiger partial charge in [0.05, 0.1) is 27.1 Å².